The molecule has 0 fully saturated rings. The second-order valence-electron chi connectivity index (χ2n) is 8.66. The predicted molar refractivity (Wildman–Crippen MR) is 126 cm³/mol. The maximum atomic E-state index is 12.2. The van der Waals surface area contributed by atoms with E-state index in [-0.39, 0.29) is 18.6 Å². The van der Waals surface area contributed by atoms with Gasteiger partial charge in [-0.05, 0) is 33.8 Å². The fourth-order valence-corrected chi connectivity index (χ4v) is 4.78. The van der Waals surface area contributed by atoms with Crippen LogP contribution in [0.2, 0.25) is 0 Å². The molecule has 3 aromatic rings. The van der Waals surface area contributed by atoms with Crippen LogP contribution in [0.15, 0.2) is 28.8 Å². The first-order valence-corrected chi connectivity index (χ1v) is 11.5. The molecule has 10 nitrogen and oxygen atoms in total. The van der Waals surface area contributed by atoms with Crippen molar-refractivity contribution in [1.29, 1.82) is 0 Å². The molecule has 2 amide bonds. The van der Waals surface area contributed by atoms with Crippen LogP contribution in [-0.2, 0) is 6.42 Å². The van der Waals surface area contributed by atoms with Crippen molar-refractivity contribution in [2.24, 2.45) is 0 Å². The van der Waals surface area contributed by atoms with Gasteiger partial charge < -0.3 is 24.5 Å². The molecule has 3 N–H and O–H groups in total. The molecule has 3 aromatic heterocycles. The molecule has 0 spiro atoms. The number of urea groups is 1. The Labute approximate surface area is 196 Å². The fourth-order valence-electron chi connectivity index (χ4n) is 3.74. The summed E-state index contributed by atoms with van der Waals surface area (Å²) < 4.78 is 11.3. The average molecular weight is 473 g/mol. The summed E-state index contributed by atoms with van der Waals surface area (Å²) in [5.74, 6) is 1.07. The highest BCUT2D eigenvalue weighted by Crippen LogP contribution is 2.41. The highest BCUT2D eigenvalue weighted by atomic mass is 32.1. The van der Waals surface area contributed by atoms with Crippen molar-refractivity contribution >= 4 is 28.5 Å². The van der Waals surface area contributed by atoms with Gasteiger partial charge in [0.25, 0.3) is 6.01 Å². The van der Waals surface area contributed by atoms with Gasteiger partial charge in [0.15, 0.2) is 10.9 Å². The molecule has 0 aliphatic carbocycles. The van der Waals surface area contributed by atoms with Gasteiger partial charge in [0.1, 0.15) is 5.69 Å². The average Bonchev–Trinajstić information content (AvgIpc) is 3.39. The lowest BCUT2D eigenvalue weighted by Crippen LogP contribution is -2.41. The van der Waals surface area contributed by atoms with E-state index >= 15 is 0 Å². The number of aliphatic hydroxyl groups is 1. The fraction of sp³-hybridized carbons (Fsp3) is 0.455. The summed E-state index contributed by atoms with van der Waals surface area (Å²) in [4.78, 5) is 28.9. The molecule has 33 heavy (non-hydrogen) atoms. The summed E-state index contributed by atoms with van der Waals surface area (Å²) in [6.07, 6.45) is 2.36. The highest BCUT2D eigenvalue weighted by Gasteiger charge is 2.35. The molecule has 0 radical (unpaired) electrons. The van der Waals surface area contributed by atoms with Gasteiger partial charge in [0.2, 0.25) is 5.88 Å². The lowest BCUT2D eigenvalue weighted by atomic mass is 10.0. The molecule has 1 aliphatic heterocycles. The van der Waals surface area contributed by atoms with E-state index in [0.29, 0.717) is 34.9 Å². The quantitative estimate of drug-likeness (QED) is 0.497. The standard InChI is InChI=1S/C22H28N6O4S/c1-12-9-15-18(33-20(26-15)27-19(29)24-11-22(3,4)30)13(2)28(12)21-23-10-16(32-21)14-7-6-8-17(25-14)31-5/h6-8,10,12-13,30H,9,11H2,1-5H3,(H2,24,26,27,29)/t12-,13+/m1/s1. The van der Waals surface area contributed by atoms with Crippen LogP contribution in [-0.4, -0.2) is 51.4 Å². The first kappa shape index (κ1) is 23.0. The zero-order valence-corrected chi connectivity index (χ0v) is 20.1. The van der Waals surface area contributed by atoms with Crippen molar-refractivity contribution in [3.05, 3.63) is 35.0 Å². The maximum Gasteiger partial charge on any atom is 0.321 e. The summed E-state index contributed by atoms with van der Waals surface area (Å²) in [5, 5.41) is 15.7. The van der Waals surface area contributed by atoms with Gasteiger partial charge >= 0.3 is 6.03 Å². The highest BCUT2D eigenvalue weighted by molar-refractivity contribution is 7.16. The predicted octanol–water partition coefficient (Wildman–Crippen LogP) is 3.61. The van der Waals surface area contributed by atoms with Crippen LogP contribution in [0.3, 0.4) is 0 Å². The molecular weight excluding hydrogens is 444 g/mol. The number of pyridine rings is 1. The van der Waals surface area contributed by atoms with Gasteiger partial charge in [0.05, 0.1) is 35.5 Å². The van der Waals surface area contributed by atoms with E-state index in [2.05, 4.69) is 44.3 Å². The molecule has 0 unspecified atom stereocenters. The monoisotopic (exact) mass is 472 g/mol. The second kappa shape index (κ2) is 8.99. The zero-order valence-electron chi connectivity index (χ0n) is 19.2. The van der Waals surface area contributed by atoms with Gasteiger partial charge in [-0.25, -0.2) is 19.7 Å². The Bertz CT molecular complexity index is 1140. The number of nitrogens with zero attached hydrogens (tertiary/aromatic N) is 4. The number of methoxy groups -OCH3 is 1. The van der Waals surface area contributed by atoms with Crippen LogP contribution >= 0.6 is 11.3 Å². The smallest absolute Gasteiger partial charge is 0.321 e. The van der Waals surface area contributed by atoms with Crippen LogP contribution < -0.4 is 20.3 Å². The van der Waals surface area contributed by atoms with Crippen molar-refractivity contribution in [2.75, 3.05) is 23.9 Å². The van der Waals surface area contributed by atoms with Crippen LogP contribution in [0.1, 0.15) is 44.3 Å². The first-order chi connectivity index (χ1) is 15.6. The third-order valence-electron chi connectivity index (χ3n) is 5.29. The summed E-state index contributed by atoms with van der Waals surface area (Å²) >= 11 is 1.43. The molecule has 1 aliphatic rings. The number of anilines is 2. The summed E-state index contributed by atoms with van der Waals surface area (Å²) in [7, 11) is 1.57. The van der Waals surface area contributed by atoms with Crippen molar-refractivity contribution < 1.29 is 19.1 Å². The number of rotatable bonds is 6. The van der Waals surface area contributed by atoms with Gasteiger partial charge in [0, 0.05) is 25.1 Å². The van der Waals surface area contributed by atoms with Gasteiger partial charge in [-0.3, -0.25) is 5.32 Å². The van der Waals surface area contributed by atoms with Crippen molar-refractivity contribution in [1.82, 2.24) is 20.3 Å². The SMILES string of the molecule is COc1cccc(-c2cnc(N3[C@H](C)Cc4nc(NC(=O)NCC(C)(C)O)sc4[C@@H]3C)o2)n1. The Balaban J connectivity index is 1.51. The third kappa shape index (κ3) is 5.09. The van der Waals surface area contributed by atoms with E-state index in [1.54, 1.807) is 33.2 Å². The van der Waals surface area contributed by atoms with E-state index in [1.807, 2.05) is 12.1 Å². The van der Waals surface area contributed by atoms with E-state index in [0.717, 1.165) is 10.6 Å². The second-order valence-corrected chi connectivity index (χ2v) is 9.69. The Kier molecular flexibility index (Phi) is 6.26. The molecule has 2 atom stereocenters. The normalized spacial score (nSPS) is 18.1. The number of hydrogen-bond donors (Lipinski definition) is 3. The molecule has 176 valence electrons. The number of hydrogen-bond acceptors (Lipinski definition) is 9. The van der Waals surface area contributed by atoms with Gasteiger partial charge in [-0.2, -0.15) is 0 Å². The van der Waals surface area contributed by atoms with E-state index in [1.165, 1.54) is 11.3 Å². The number of fused-ring (bicyclic) bond motifs is 1. The number of carbonyl (C=O) groups excluding carboxylic acids is 1. The molecule has 0 saturated heterocycles. The first-order valence-electron chi connectivity index (χ1n) is 10.7. The molecule has 0 saturated carbocycles. The molecular formula is C22H28N6O4S. The molecule has 0 aromatic carbocycles. The molecule has 4 heterocycles. The summed E-state index contributed by atoms with van der Waals surface area (Å²) in [6.45, 7) is 7.56. The number of nitrogens with one attached hydrogen (secondary N) is 2. The molecule has 11 heteroatoms. The van der Waals surface area contributed by atoms with E-state index in [4.69, 9.17) is 9.15 Å². The lowest BCUT2D eigenvalue weighted by Gasteiger charge is -2.36. The number of thiazole rings is 1. The van der Waals surface area contributed by atoms with Crippen LogP contribution in [0, 0.1) is 0 Å². The van der Waals surface area contributed by atoms with Gasteiger partial charge in [-0.1, -0.05) is 17.4 Å². The Hall–Kier alpha value is -3.18. The van der Waals surface area contributed by atoms with Crippen LogP contribution in [0.4, 0.5) is 15.9 Å². The van der Waals surface area contributed by atoms with Crippen molar-refractivity contribution in [2.45, 2.75) is 51.8 Å². The Morgan fingerprint density at radius 3 is 2.88 bits per heavy atom. The largest absolute Gasteiger partial charge is 0.481 e. The number of ether oxygens (including phenoxy) is 1. The minimum absolute atomic E-state index is 0.0407. The minimum Gasteiger partial charge on any atom is -0.481 e. The van der Waals surface area contributed by atoms with E-state index in [9.17, 15) is 9.90 Å². The Morgan fingerprint density at radius 2 is 2.15 bits per heavy atom. The third-order valence-corrected chi connectivity index (χ3v) is 6.47. The summed E-state index contributed by atoms with van der Waals surface area (Å²) in [6, 6.07) is 5.63. The summed E-state index contributed by atoms with van der Waals surface area (Å²) in [5.41, 5.74) is 0.613. The van der Waals surface area contributed by atoms with Crippen molar-refractivity contribution in [3.8, 4) is 17.3 Å². The van der Waals surface area contributed by atoms with Gasteiger partial charge in [-0.15, -0.1) is 0 Å². The van der Waals surface area contributed by atoms with E-state index < -0.39 is 11.6 Å². The number of aromatic nitrogens is 3. The van der Waals surface area contributed by atoms with Crippen LogP contribution in [0.25, 0.3) is 11.5 Å². The minimum atomic E-state index is -0.987. The van der Waals surface area contributed by atoms with Crippen LogP contribution in [0.5, 0.6) is 5.88 Å². The molecule has 4 rings (SSSR count). The van der Waals surface area contributed by atoms with Crippen molar-refractivity contribution in [3.63, 3.8) is 0 Å². The number of carbonyl (C=O) groups is 1. The lowest BCUT2D eigenvalue weighted by molar-refractivity contribution is 0.0826. The maximum absolute atomic E-state index is 12.2. The topological polar surface area (TPSA) is 126 Å². The molecule has 0 bridgehead atoms. The zero-order chi connectivity index (χ0) is 23.8. The Morgan fingerprint density at radius 1 is 1.36 bits per heavy atom. The number of amides is 2. The number of oxazole rings is 1.